The Kier molecular flexibility index (Phi) is 5.96. The molecule has 0 saturated carbocycles. The topological polar surface area (TPSA) is 74.8 Å². The van der Waals surface area contributed by atoms with Gasteiger partial charge in [0.2, 0.25) is 5.91 Å². The third-order valence-electron chi connectivity index (χ3n) is 3.92. The molecule has 0 bridgehead atoms. The summed E-state index contributed by atoms with van der Waals surface area (Å²) in [7, 11) is 0. The lowest BCUT2D eigenvalue weighted by Crippen LogP contribution is -2.33. The molecule has 0 radical (unpaired) electrons. The second-order valence-electron chi connectivity index (χ2n) is 6.61. The summed E-state index contributed by atoms with van der Waals surface area (Å²) in [6, 6.07) is 6.00. The Morgan fingerprint density at radius 1 is 1.30 bits per heavy atom. The van der Waals surface area contributed by atoms with Crippen LogP contribution in [0, 0.1) is 11.7 Å². The monoisotopic (exact) mass is 405 g/mol. The largest absolute Gasteiger partial charge is 0.355 e. The van der Waals surface area contributed by atoms with E-state index in [4.69, 9.17) is 0 Å². The van der Waals surface area contributed by atoms with Crippen molar-refractivity contribution in [2.24, 2.45) is 5.92 Å². The van der Waals surface area contributed by atoms with Crippen LogP contribution in [0.15, 0.2) is 39.6 Å². The first kappa shape index (κ1) is 19.6. The Morgan fingerprint density at radius 2 is 2.00 bits per heavy atom. The molecule has 0 aliphatic carbocycles. The van der Waals surface area contributed by atoms with Crippen molar-refractivity contribution in [3.05, 3.63) is 45.8 Å². The maximum atomic E-state index is 13.1. The summed E-state index contributed by atoms with van der Waals surface area (Å²) in [6.45, 7) is 6.45. The Balaban J connectivity index is 1.85. The van der Waals surface area contributed by atoms with E-state index in [0.717, 1.165) is 11.1 Å². The number of nitrogens with one attached hydrogen (secondary N) is 2. The Morgan fingerprint density at radius 3 is 2.67 bits per heavy atom. The van der Waals surface area contributed by atoms with E-state index >= 15 is 0 Å². The molecule has 1 atom stereocenters. The summed E-state index contributed by atoms with van der Waals surface area (Å²) in [4.78, 5) is 32.6. The second-order valence-corrected chi connectivity index (χ2v) is 8.79. The fourth-order valence-electron chi connectivity index (χ4n) is 2.50. The van der Waals surface area contributed by atoms with Crippen molar-refractivity contribution in [3.8, 4) is 11.1 Å². The number of aromatic amines is 1. The lowest BCUT2D eigenvalue weighted by molar-refractivity contribution is -0.120. The number of carbonyl (C=O) groups excluding carboxylic acids is 1. The van der Waals surface area contributed by atoms with Crippen molar-refractivity contribution in [2.45, 2.75) is 31.2 Å². The first-order valence-corrected chi connectivity index (χ1v) is 10.3. The van der Waals surface area contributed by atoms with Gasteiger partial charge in [0, 0.05) is 17.5 Å². The molecule has 5 nitrogen and oxygen atoms in total. The molecule has 142 valence electrons. The van der Waals surface area contributed by atoms with Gasteiger partial charge in [-0.25, -0.2) is 9.37 Å². The molecule has 1 amide bonds. The molecule has 0 saturated heterocycles. The third kappa shape index (κ3) is 4.56. The van der Waals surface area contributed by atoms with Crippen molar-refractivity contribution in [1.29, 1.82) is 0 Å². The Bertz CT molecular complexity index is 1010. The number of aromatic nitrogens is 2. The fraction of sp³-hybridized carbons (Fsp3) is 0.316. The molecule has 8 heteroatoms. The van der Waals surface area contributed by atoms with Crippen molar-refractivity contribution >= 4 is 39.2 Å². The van der Waals surface area contributed by atoms with E-state index in [-0.39, 0.29) is 22.5 Å². The van der Waals surface area contributed by atoms with E-state index < -0.39 is 0 Å². The van der Waals surface area contributed by atoms with E-state index in [0.29, 0.717) is 27.8 Å². The zero-order valence-electron chi connectivity index (χ0n) is 15.2. The number of nitrogens with zero attached hydrogens (tertiary/aromatic N) is 1. The maximum Gasteiger partial charge on any atom is 0.260 e. The number of H-pyrrole nitrogens is 1. The first-order chi connectivity index (χ1) is 12.8. The number of halogens is 1. The SMILES string of the molecule is CC(C)CNC(=O)[C@@H](C)Sc1nc2scc(-c3ccc(F)cc3)c2c(=O)[nH]1. The van der Waals surface area contributed by atoms with Gasteiger partial charge in [0.05, 0.1) is 10.6 Å². The highest BCUT2D eigenvalue weighted by Crippen LogP contribution is 2.32. The van der Waals surface area contributed by atoms with Crippen LogP contribution in [0.2, 0.25) is 0 Å². The molecule has 0 fully saturated rings. The van der Waals surface area contributed by atoms with Gasteiger partial charge in [-0.05, 0) is 30.5 Å². The number of hydrogen-bond donors (Lipinski definition) is 2. The van der Waals surface area contributed by atoms with Crippen LogP contribution in [-0.2, 0) is 4.79 Å². The van der Waals surface area contributed by atoms with Crippen molar-refractivity contribution in [3.63, 3.8) is 0 Å². The predicted molar refractivity (Wildman–Crippen MR) is 109 cm³/mol. The number of hydrogen-bond acceptors (Lipinski definition) is 5. The van der Waals surface area contributed by atoms with E-state index in [9.17, 15) is 14.0 Å². The molecule has 0 aliphatic heterocycles. The van der Waals surface area contributed by atoms with Gasteiger partial charge in [0.25, 0.3) is 5.56 Å². The van der Waals surface area contributed by atoms with Crippen LogP contribution in [0.1, 0.15) is 20.8 Å². The van der Waals surface area contributed by atoms with Crippen LogP contribution in [0.5, 0.6) is 0 Å². The van der Waals surface area contributed by atoms with Gasteiger partial charge in [-0.15, -0.1) is 11.3 Å². The van der Waals surface area contributed by atoms with Gasteiger partial charge in [-0.2, -0.15) is 0 Å². The number of fused-ring (bicyclic) bond motifs is 1. The van der Waals surface area contributed by atoms with Crippen molar-refractivity contribution < 1.29 is 9.18 Å². The van der Waals surface area contributed by atoms with Gasteiger partial charge in [0.1, 0.15) is 10.6 Å². The molecular formula is C19H20FN3O2S2. The van der Waals surface area contributed by atoms with Crippen molar-refractivity contribution in [2.75, 3.05) is 6.54 Å². The predicted octanol–water partition coefficient (Wildman–Crippen LogP) is 4.04. The maximum absolute atomic E-state index is 13.1. The van der Waals surface area contributed by atoms with Gasteiger partial charge >= 0.3 is 0 Å². The number of rotatable bonds is 6. The van der Waals surface area contributed by atoms with Gasteiger partial charge in [-0.1, -0.05) is 37.7 Å². The summed E-state index contributed by atoms with van der Waals surface area (Å²) in [5.41, 5.74) is 1.22. The van der Waals surface area contributed by atoms with Crippen LogP contribution in [-0.4, -0.2) is 27.7 Å². The van der Waals surface area contributed by atoms with Crippen LogP contribution in [0.25, 0.3) is 21.3 Å². The molecule has 2 aromatic heterocycles. The third-order valence-corrected chi connectivity index (χ3v) is 5.78. The number of amides is 1. The highest BCUT2D eigenvalue weighted by atomic mass is 32.2. The summed E-state index contributed by atoms with van der Waals surface area (Å²) >= 11 is 2.57. The van der Waals surface area contributed by atoms with Crippen molar-refractivity contribution in [1.82, 2.24) is 15.3 Å². The normalized spacial score (nSPS) is 12.5. The first-order valence-electron chi connectivity index (χ1n) is 8.57. The minimum atomic E-state index is -0.374. The van der Waals surface area contributed by atoms with Gasteiger partial charge < -0.3 is 10.3 Å². The summed E-state index contributed by atoms with van der Waals surface area (Å²) in [5, 5.41) is 5.23. The summed E-state index contributed by atoms with van der Waals surface area (Å²) < 4.78 is 13.1. The highest BCUT2D eigenvalue weighted by Gasteiger charge is 2.18. The zero-order chi connectivity index (χ0) is 19.6. The quantitative estimate of drug-likeness (QED) is 0.479. The molecule has 3 aromatic rings. The minimum absolute atomic E-state index is 0.0883. The highest BCUT2D eigenvalue weighted by molar-refractivity contribution is 8.00. The van der Waals surface area contributed by atoms with E-state index in [1.54, 1.807) is 19.1 Å². The summed E-state index contributed by atoms with van der Waals surface area (Å²) in [5.74, 6) is -0.0419. The average molecular weight is 406 g/mol. The van der Waals surface area contributed by atoms with E-state index in [1.807, 2.05) is 19.2 Å². The molecule has 2 heterocycles. The van der Waals surface area contributed by atoms with Gasteiger partial charge in [0.15, 0.2) is 5.16 Å². The number of thiophene rings is 1. The smallest absolute Gasteiger partial charge is 0.260 e. The van der Waals surface area contributed by atoms with Crippen LogP contribution < -0.4 is 10.9 Å². The molecule has 0 unspecified atom stereocenters. The zero-order valence-corrected chi connectivity index (χ0v) is 16.8. The lowest BCUT2D eigenvalue weighted by Gasteiger charge is -2.12. The van der Waals surface area contributed by atoms with E-state index in [2.05, 4.69) is 15.3 Å². The van der Waals surface area contributed by atoms with Crippen LogP contribution in [0.4, 0.5) is 4.39 Å². The summed E-state index contributed by atoms with van der Waals surface area (Å²) in [6.07, 6.45) is 0. The Hall–Kier alpha value is -2.19. The average Bonchev–Trinajstić information content (AvgIpc) is 3.04. The van der Waals surface area contributed by atoms with Crippen LogP contribution in [0.3, 0.4) is 0 Å². The second kappa shape index (κ2) is 8.22. The number of thioether (sulfide) groups is 1. The molecule has 3 rings (SSSR count). The molecule has 0 aliphatic rings. The standard InChI is InChI=1S/C19H20FN3O2S2/c1-10(2)8-21-16(24)11(3)27-19-22-17(25)15-14(9-26-18(15)23-19)12-4-6-13(20)7-5-12/h4-7,9-11H,8H2,1-3H3,(H,21,24)(H,22,23,25)/t11-/m1/s1. The van der Waals surface area contributed by atoms with Gasteiger partial charge in [-0.3, -0.25) is 9.59 Å². The fourth-order valence-corrected chi connectivity index (χ4v) is 4.32. The molecular weight excluding hydrogens is 385 g/mol. The molecule has 1 aromatic carbocycles. The number of benzene rings is 1. The van der Waals surface area contributed by atoms with Crippen LogP contribution >= 0.6 is 23.1 Å². The molecule has 2 N–H and O–H groups in total. The minimum Gasteiger partial charge on any atom is -0.355 e. The van der Waals surface area contributed by atoms with E-state index in [1.165, 1.54) is 35.2 Å². The Labute approximate surface area is 164 Å². The molecule has 27 heavy (non-hydrogen) atoms. The molecule has 0 spiro atoms. The number of carbonyl (C=O) groups is 1. The lowest BCUT2D eigenvalue weighted by atomic mass is 10.1.